The molecule has 0 saturated carbocycles. The molecule has 1 N–H and O–H groups in total. The fourth-order valence-corrected chi connectivity index (χ4v) is 4.66. The Labute approximate surface area is 162 Å². The van der Waals surface area contributed by atoms with Crippen molar-refractivity contribution in [3.8, 4) is 0 Å². The summed E-state index contributed by atoms with van der Waals surface area (Å²) in [5, 5.41) is 3.25. The van der Waals surface area contributed by atoms with Crippen LogP contribution in [0.25, 0.3) is 0 Å². The van der Waals surface area contributed by atoms with Crippen molar-refractivity contribution >= 4 is 11.9 Å². The molecule has 0 spiro atoms. The van der Waals surface area contributed by atoms with Gasteiger partial charge in [0.25, 0.3) is 0 Å². The molecule has 0 bridgehead atoms. The molecule has 3 heterocycles. The monoisotopic (exact) mass is 372 g/mol. The molecule has 3 aliphatic rings. The van der Waals surface area contributed by atoms with E-state index in [9.17, 15) is 4.79 Å². The molecule has 2 atom stereocenters. The van der Waals surface area contributed by atoms with Crippen LogP contribution in [0.2, 0.25) is 0 Å². The topological polar surface area (TPSA) is 67.4 Å². The number of ether oxygens (including phenoxy) is 1. The van der Waals surface area contributed by atoms with E-state index in [1.165, 1.54) is 12.8 Å². The van der Waals surface area contributed by atoms with Gasteiger partial charge in [-0.15, -0.1) is 0 Å². The number of amides is 1. The summed E-state index contributed by atoms with van der Waals surface area (Å²) in [6.45, 7) is 7.39. The maximum Gasteiger partial charge on any atom is 0.225 e. The van der Waals surface area contributed by atoms with Crippen molar-refractivity contribution in [2.75, 3.05) is 24.6 Å². The first kappa shape index (κ1) is 18.7. The number of aromatic nitrogens is 2. The van der Waals surface area contributed by atoms with Gasteiger partial charge in [-0.2, -0.15) is 0 Å². The predicted molar refractivity (Wildman–Crippen MR) is 105 cm³/mol. The largest absolute Gasteiger partial charge is 0.378 e. The van der Waals surface area contributed by atoms with E-state index in [0.717, 1.165) is 69.0 Å². The van der Waals surface area contributed by atoms with E-state index >= 15 is 0 Å². The molecule has 2 aliphatic heterocycles. The SMILES string of the molecule is CC1(C)Cc2nc(N3CCCC3)ncc2[C@@H](NC(=O)C[C@H]2CCCCO2)C1. The van der Waals surface area contributed by atoms with E-state index in [4.69, 9.17) is 9.72 Å². The van der Waals surface area contributed by atoms with Crippen LogP contribution in [-0.4, -0.2) is 41.7 Å². The lowest BCUT2D eigenvalue weighted by molar-refractivity contribution is -0.125. The average Bonchev–Trinajstić information content (AvgIpc) is 3.15. The van der Waals surface area contributed by atoms with Crippen molar-refractivity contribution in [2.45, 2.75) is 77.4 Å². The smallest absolute Gasteiger partial charge is 0.225 e. The zero-order valence-corrected chi connectivity index (χ0v) is 16.7. The number of anilines is 1. The Morgan fingerprint density at radius 1 is 1.30 bits per heavy atom. The fourth-order valence-electron chi connectivity index (χ4n) is 4.66. The van der Waals surface area contributed by atoms with Crippen molar-refractivity contribution in [1.29, 1.82) is 0 Å². The highest BCUT2D eigenvalue weighted by Gasteiger charge is 2.35. The van der Waals surface area contributed by atoms with Crippen LogP contribution in [-0.2, 0) is 16.0 Å². The highest BCUT2D eigenvalue weighted by atomic mass is 16.5. The summed E-state index contributed by atoms with van der Waals surface area (Å²) in [6, 6.07) is -0.00697. The number of hydrogen-bond acceptors (Lipinski definition) is 5. The van der Waals surface area contributed by atoms with Crippen LogP contribution in [0.15, 0.2) is 6.20 Å². The minimum atomic E-state index is -0.00697. The molecule has 4 rings (SSSR count). The van der Waals surface area contributed by atoms with Crippen LogP contribution in [0.1, 0.15) is 76.1 Å². The minimum absolute atomic E-state index is 0.00697. The zero-order chi connectivity index (χ0) is 18.9. The van der Waals surface area contributed by atoms with Crippen molar-refractivity contribution in [3.05, 3.63) is 17.5 Å². The number of fused-ring (bicyclic) bond motifs is 1. The first-order chi connectivity index (χ1) is 13.0. The second kappa shape index (κ2) is 7.74. The number of carbonyl (C=O) groups is 1. The minimum Gasteiger partial charge on any atom is -0.378 e. The Morgan fingerprint density at radius 2 is 2.11 bits per heavy atom. The normalized spacial score (nSPS) is 27.3. The second-order valence-electron chi connectivity index (χ2n) is 9.12. The summed E-state index contributed by atoms with van der Waals surface area (Å²) in [5.74, 6) is 0.934. The predicted octanol–water partition coefficient (Wildman–Crippen LogP) is 3.17. The summed E-state index contributed by atoms with van der Waals surface area (Å²) in [6.07, 6.45) is 10.0. The molecular weight excluding hydrogens is 340 g/mol. The molecule has 0 aromatic carbocycles. The molecule has 1 aliphatic carbocycles. The number of nitrogens with one attached hydrogen (secondary N) is 1. The third-order valence-electron chi connectivity index (χ3n) is 6.08. The second-order valence-corrected chi connectivity index (χ2v) is 9.12. The summed E-state index contributed by atoms with van der Waals surface area (Å²) in [7, 11) is 0. The lowest BCUT2D eigenvalue weighted by atomic mass is 9.74. The van der Waals surface area contributed by atoms with E-state index in [1.807, 2.05) is 6.20 Å². The summed E-state index contributed by atoms with van der Waals surface area (Å²) in [5.41, 5.74) is 2.31. The van der Waals surface area contributed by atoms with Crippen molar-refractivity contribution in [1.82, 2.24) is 15.3 Å². The third kappa shape index (κ3) is 4.42. The molecular formula is C21H32N4O2. The highest BCUT2D eigenvalue weighted by Crippen LogP contribution is 2.40. The first-order valence-corrected chi connectivity index (χ1v) is 10.5. The van der Waals surface area contributed by atoms with Gasteiger partial charge >= 0.3 is 0 Å². The quantitative estimate of drug-likeness (QED) is 0.879. The van der Waals surface area contributed by atoms with Gasteiger partial charge in [-0.25, -0.2) is 9.97 Å². The van der Waals surface area contributed by atoms with Gasteiger partial charge < -0.3 is 15.0 Å². The molecule has 2 fully saturated rings. The summed E-state index contributed by atoms with van der Waals surface area (Å²) >= 11 is 0. The number of nitrogens with zero attached hydrogens (tertiary/aromatic N) is 3. The van der Waals surface area contributed by atoms with Gasteiger partial charge in [0.05, 0.1) is 24.3 Å². The molecule has 1 amide bonds. The average molecular weight is 373 g/mol. The van der Waals surface area contributed by atoms with E-state index in [0.29, 0.717) is 6.42 Å². The summed E-state index contributed by atoms with van der Waals surface area (Å²) < 4.78 is 5.73. The van der Waals surface area contributed by atoms with Gasteiger partial charge in [-0.05, 0) is 50.4 Å². The Morgan fingerprint density at radius 3 is 2.85 bits per heavy atom. The standard InChI is InChI=1S/C21H32N4O2/c1-21(2)12-17(23-19(26)11-15-7-3-6-10-27-15)16-14-22-20(24-18(16)13-21)25-8-4-5-9-25/h14-15,17H,3-13H2,1-2H3,(H,23,26)/t15-,17+/m1/s1. The van der Waals surface area contributed by atoms with Crippen LogP contribution in [0.3, 0.4) is 0 Å². The molecule has 2 saturated heterocycles. The van der Waals surface area contributed by atoms with Gasteiger partial charge in [0, 0.05) is 31.5 Å². The number of hydrogen-bond donors (Lipinski definition) is 1. The van der Waals surface area contributed by atoms with E-state index in [1.54, 1.807) is 0 Å². The van der Waals surface area contributed by atoms with E-state index in [-0.39, 0.29) is 23.5 Å². The third-order valence-corrected chi connectivity index (χ3v) is 6.08. The lowest BCUT2D eigenvalue weighted by Gasteiger charge is -2.37. The first-order valence-electron chi connectivity index (χ1n) is 10.5. The van der Waals surface area contributed by atoms with Crippen LogP contribution in [0, 0.1) is 5.41 Å². The lowest BCUT2D eigenvalue weighted by Crippen LogP contribution is -2.39. The molecule has 148 valence electrons. The molecule has 1 aromatic rings. The van der Waals surface area contributed by atoms with Gasteiger partial charge in [0.2, 0.25) is 11.9 Å². The molecule has 6 nitrogen and oxygen atoms in total. The Hall–Kier alpha value is -1.69. The Balaban J connectivity index is 1.48. The Kier molecular flexibility index (Phi) is 5.35. The molecule has 6 heteroatoms. The van der Waals surface area contributed by atoms with Crippen LogP contribution in [0.5, 0.6) is 0 Å². The van der Waals surface area contributed by atoms with Gasteiger partial charge in [-0.1, -0.05) is 13.8 Å². The highest BCUT2D eigenvalue weighted by molar-refractivity contribution is 5.77. The van der Waals surface area contributed by atoms with Gasteiger partial charge in [0.1, 0.15) is 0 Å². The number of rotatable bonds is 4. The van der Waals surface area contributed by atoms with Gasteiger partial charge in [-0.3, -0.25) is 4.79 Å². The maximum absolute atomic E-state index is 12.6. The Bertz CT molecular complexity index is 679. The van der Waals surface area contributed by atoms with E-state index < -0.39 is 0 Å². The van der Waals surface area contributed by atoms with Crippen LogP contribution in [0.4, 0.5) is 5.95 Å². The van der Waals surface area contributed by atoms with Crippen molar-refractivity contribution in [3.63, 3.8) is 0 Å². The van der Waals surface area contributed by atoms with E-state index in [2.05, 4.69) is 29.0 Å². The molecule has 0 radical (unpaired) electrons. The van der Waals surface area contributed by atoms with Crippen molar-refractivity contribution < 1.29 is 9.53 Å². The molecule has 27 heavy (non-hydrogen) atoms. The fraction of sp³-hybridized carbons (Fsp3) is 0.762. The van der Waals surface area contributed by atoms with Gasteiger partial charge in [0.15, 0.2) is 0 Å². The molecule has 1 aromatic heterocycles. The summed E-state index contributed by atoms with van der Waals surface area (Å²) in [4.78, 5) is 24.4. The van der Waals surface area contributed by atoms with Crippen molar-refractivity contribution in [2.24, 2.45) is 5.41 Å². The molecule has 0 unspecified atom stereocenters. The maximum atomic E-state index is 12.6. The van der Waals surface area contributed by atoms with Crippen LogP contribution >= 0.6 is 0 Å². The van der Waals surface area contributed by atoms with Crippen LogP contribution < -0.4 is 10.2 Å². The zero-order valence-electron chi connectivity index (χ0n) is 16.7. The number of carbonyl (C=O) groups excluding carboxylic acids is 1.